The second kappa shape index (κ2) is 7.53. The van der Waals surface area contributed by atoms with E-state index < -0.39 is 5.91 Å². The maximum Gasteiger partial charge on any atom is 0.251 e. The van der Waals surface area contributed by atoms with Crippen molar-refractivity contribution in [1.29, 1.82) is 0 Å². The summed E-state index contributed by atoms with van der Waals surface area (Å²) in [6, 6.07) is 1.63. The minimum absolute atomic E-state index is 0.0925. The van der Waals surface area contributed by atoms with E-state index in [1.54, 1.807) is 11.4 Å². The fraction of sp³-hybridized carbons (Fsp3) is 0.571. The van der Waals surface area contributed by atoms with Crippen LogP contribution in [0.5, 0.6) is 0 Å². The van der Waals surface area contributed by atoms with Gasteiger partial charge >= 0.3 is 0 Å². The molecule has 0 saturated carbocycles. The quantitative estimate of drug-likeness (QED) is 0.722. The van der Waals surface area contributed by atoms with Gasteiger partial charge in [0.2, 0.25) is 5.91 Å². The molecule has 1 saturated heterocycles. The van der Waals surface area contributed by atoms with E-state index in [-0.39, 0.29) is 5.91 Å². The van der Waals surface area contributed by atoms with Crippen molar-refractivity contribution in [1.82, 2.24) is 10.2 Å². The molecule has 6 nitrogen and oxygen atoms in total. The molecule has 116 valence electrons. The van der Waals surface area contributed by atoms with E-state index in [0.717, 1.165) is 26.1 Å². The molecular weight excluding hydrogens is 288 g/mol. The lowest BCUT2D eigenvalue weighted by Gasteiger charge is -2.32. The number of hydrogen-bond acceptors (Lipinski definition) is 5. The van der Waals surface area contributed by atoms with E-state index in [1.165, 1.54) is 17.8 Å². The molecule has 2 heterocycles. The second-order valence-electron chi connectivity index (χ2n) is 5.38. The predicted molar refractivity (Wildman–Crippen MR) is 84.6 cm³/mol. The monoisotopic (exact) mass is 310 g/mol. The van der Waals surface area contributed by atoms with Crippen LogP contribution >= 0.6 is 11.3 Å². The van der Waals surface area contributed by atoms with Gasteiger partial charge in [-0.1, -0.05) is 0 Å². The van der Waals surface area contributed by atoms with Crippen molar-refractivity contribution in [2.75, 3.05) is 38.5 Å². The molecule has 1 atom stereocenters. The Hall–Kier alpha value is -1.44. The van der Waals surface area contributed by atoms with Crippen molar-refractivity contribution in [2.45, 2.75) is 12.8 Å². The summed E-state index contributed by atoms with van der Waals surface area (Å²) in [7, 11) is 1.95. The van der Waals surface area contributed by atoms with Gasteiger partial charge in [-0.15, -0.1) is 11.3 Å². The average molecular weight is 310 g/mol. The minimum Gasteiger partial charge on any atom is -0.366 e. The van der Waals surface area contributed by atoms with Crippen LogP contribution in [0.4, 0.5) is 5.00 Å². The van der Waals surface area contributed by atoms with Gasteiger partial charge in [0.25, 0.3) is 5.91 Å². The Kier molecular flexibility index (Phi) is 5.72. The Morgan fingerprint density at radius 1 is 1.52 bits per heavy atom. The molecular formula is C14H22N4O2S. The maximum atomic E-state index is 12.1. The Balaban J connectivity index is 1.86. The van der Waals surface area contributed by atoms with E-state index in [1.807, 2.05) is 7.05 Å². The van der Waals surface area contributed by atoms with E-state index >= 15 is 0 Å². The Labute approximate surface area is 128 Å². The highest BCUT2D eigenvalue weighted by Crippen LogP contribution is 2.23. The van der Waals surface area contributed by atoms with Gasteiger partial charge in [-0.2, -0.15) is 0 Å². The van der Waals surface area contributed by atoms with Crippen LogP contribution in [-0.2, 0) is 4.79 Å². The van der Waals surface area contributed by atoms with Gasteiger partial charge < -0.3 is 16.4 Å². The number of nitrogens with zero attached hydrogens (tertiary/aromatic N) is 1. The number of thiophene rings is 1. The van der Waals surface area contributed by atoms with Gasteiger partial charge in [0.05, 0.1) is 12.1 Å². The number of likely N-dealkylation sites (tertiary alicyclic amines) is 1. The smallest absolute Gasteiger partial charge is 0.251 e. The molecule has 0 aliphatic carbocycles. The first-order chi connectivity index (χ1) is 10.1. The molecule has 2 amide bonds. The number of rotatable bonds is 6. The van der Waals surface area contributed by atoms with Crippen LogP contribution in [0.3, 0.4) is 0 Å². The fourth-order valence-electron chi connectivity index (χ4n) is 2.72. The largest absolute Gasteiger partial charge is 0.366 e. The maximum absolute atomic E-state index is 12.1. The Morgan fingerprint density at radius 2 is 2.33 bits per heavy atom. The summed E-state index contributed by atoms with van der Waals surface area (Å²) in [5.41, 5.74) is 5.64. The number of hydrogen-bond donors (Lipinski definition) is 3. The normalized spacial score (nSPS) is 19.4. The number of piperidine rings is 1. The van der Waals surface area contributed by atoms with Gasteiger partial charge in [-0.25, -0.2) is 0 Å². The summed E-state index contributed by atoms with van der Waals surface area (Å²) in [6.07, 6.45) is 2.32. The van der Waals surface area contributed by atoms with E-state index in [4.69, 9.17) is 5.73 Å². The lowest BCUT2D eigenvalue weighted by Crippen LogP contribution is -2.42. The number of nitrogens with two attached hydrogens (primary N) is 1. The SMILES string of the molecule is CNCC1CCCN(CC(=O)Nc2sccc2C(N)=O)C1. The molecule has 1 aliphatic heterocycles. The number of nitrogens with one attached hydrogen (secondary N) is 2. The zero-order valence-corrected chi connectivity index (χ0v) is 13.0. The van der Waals surface area contributed by atoms with Crippen molar-refractivity contribution < 1.29 is 9.59 Å². The highest BCUT2D eigenvalue weighted by Gasteiger charge is 2.21. The van der Waals surface area contributed by atoms with E-state index in [0.29, 0.717) is 23.0 Å². The number of anilines is 1. The van der Waals surface area contributed by atoms with Crippen molar-refractivity contribution in [3.63, 3.8) is 0 Å². The molecule has 2 rings (SSSR count). The van der Waals surface area contributed by atoms with Crippen LogP contribution in [0.15, 0.2) is 11.4 Å². The van der Waals surface area contributed by atoms with Crippen molar-refractivity contribution >= 4 is 28.2 Å². The van der Waals surface area contributed by atoms with E-state index in [9.17, 15) is 9.59 Å². The predicted octanol–water partition coefficient (Wildman–Crippen LogP) is 0.717. The van der Waals surface area contributed by atoms with Crippen LogP contribution in [0.2, 0.25) is 0 Å². The highest BCUT2D eigenvalue weighted by molar-refractivity contribution is 7.14. The molecule has 1 fully saturated rings. The molecule has 0 aromatic carbocycles. The van der Waals surface area contributed by atoms with Crippen LogP contribution < -0.4 is 16.4 Å². The third-order valence-electron chi connectivity index (χ3n) is 3.65. The molecule has 0 bridgehead atoms. The van der Waals surface area contributed by atoms with Gasteiger partial charge in [-0.05, 0) is 50.3 Å². The molecule has 1 aromatic heterocycles. The summed E-state index contributed by atoms with van der Waals surface area (Å²) in [4.78, 5) is 25.5. The topological polar surface area (TPSA) is 87.5 Å². The first-order valence-corrected chi connectivity index (χ1v) is 8.02. The van der Waals surface area contributed by atoms with Crippen molar-refractivity contribution in [3.8, 4) is 0 Å². The minimum atomic E-state index is -0.515. The second-order valence-corrected chi connectivity index (χ2v) is 6.29. The molecule has 7 heteroatoms. The standard InChI is InChI=1S/C14H22N4O2S/c1-16-7-10-3-2-5-18(8-10)9-12(19)17-14-11(13(15)20)4-6-21-14/h4,6,10,16H,2-3,5,7-9H2,1H3,(H2,15,20)(H,17,19). The fourth-order valence-corrected chi connectivity index (χ4v) is 3.53. The molecule has 1 unspecified atom stereocenters. The first-order valence-electron chi connectivity index (χ1n) is 7.14. The number of carbonyl (C=O) groups excluding carboxylic acids is 2. The van der Waals surface area contributed by atoms with Crippen LogP contribution in [0.25, 0.3) is 0 Å². The summed E-state index contributed by atoms with van der Waals surface area (Å²) in [5, 5.41) is 8.27. The van der Waals surface area contributed by atoms with Crippen molar-refractivity contribution in [3.05, 3.63) is 17.0 Å². The van der Waals surface area contributed by atoms with Gasteiger partial charge in [0.15, 0.2) is 0 Å². The van der Waals surface area contributed by atoms with Crippen LogP contribution in [0.1, 0.15) is 23.2 Å². The molecule has 4 N–H and O–H groups in total. The molecule has 21 heavy (non-hydrogen) atoms. The van der Waals surface area contributed by atoms with Gasteiger partial charge in [-0.3, -0.25) is 14.5 Å². The zero-order chi connectivity index (χ0) is 15.2. The number of primary amides is 1. The highest BCUT2D eigenvalue weighted by atomic mass is 32.1. The third kappa shape index (κ3) is 4.52. The van der Waals surface area contributed by atoms with Crippen molar-refractivity contribution in [2.24, 2.45) is 11.7 Å². The number of carbonyl (C=O) groups is 2. The van der Waals surface area contributed by atoms with E-state index in [2.05, 4.69) is 15.5 Å². The van der Waals surface area contributed by atoms with Crippen LogP contribution in [-0.4, -0.2) is 49.9 Å². The lowest BCUT2D eigenvalue weighted by atomic mass is 9.98. The molecule has 0 spiro atoms. The third-order valence-corrected chi connectivity index (χ3v) is 4.48. The summed E-state index contributed by atoms with van der Waals surface area (Å²) in [6.45, 7) is 3.22. The lowest BCUT2D eigenvalue weighted by molar-refractivity contribution is -0.117. The Morgan fingerprint density at radius 3 is 3.05 bits per heavy atom. The van der Waals surface area contributed by atoms with Crippen LogP contribution in [0, 0.1) is 5.92 Å². The molecule has 1 aromatic rings. The van der Waals surface area contributed by atoms with Gasteiger partial charge in [0.1, 0.15) is 5.00 Å². The molecule has 0 radical (unpaired) electrons. The summed E-state index contributed by atoms with van der Waals surface area (Å²) < 4.78 is 0. The van der Waals surface area contributed by atoms with Gasteiger partial charge in [0, 0.05) is 6.54 Å². The Bertz CT molecular complexity index is 501. The molecule has 1 aliphatic rings. The summed E-state index contributed by atoms with van der Waals surface area (Å²) in [5.74, 6) is -0.0110. The summed E-state index contributed by atoms with van der Waals surface area (Å²) >= 11 is 1.32. The zero-order valence-electron chi connectivity index (χ0n) is 12.2. The first kappa shape index (κ1) is 15.9. The average Bonchev–Trinajstić information content (AvgIpc) is 2.87. The number of amides is 2.